The Hall–Kier alpha value is -0.500. The van der Waals surface area contributed by atoms with Crippen LogP contribution in [0.15, 0.2) is 12.3 Å². The number of hydrogen-bond donors (Lipinski definition) is 2. The molecule has 0 saturated heterocycles. The molecule has 0 aromatic rings. The van der Waals surface area contributed by atoms with Gasteiger partial charge in [0.2, 0.25) is 0 Å². The van der Waals surface area contributed by atoms with Crippen LogP contribution in [0.3, 0.4) is 0 Å². The van der Waals surface area contributed by atoms with Crippen LogP contribution in [0.2, 0.25) is 0 Å². The summed E-state index contributed by atoms with van der Waals surface area (Å²) in [5, 5.41) is 6.76. The van der Waals surface area contributed by atoms with Crippen molar-refractivity contribution >= 4 is 0 Å². The van der Waals surface area contributed by atoms with Crippen molar-refractivity contribution in [3.63, 3.8) is 0 Å². The van der Waals surface area contributed by atoms with Crippen molar-refractivity contribution in [3.8, 4) is 0 Å². The van der Waals surface area contributed by atoms with Crippen molar-refractivity contribution in [1.82, 2.24) is 10.6 Å². The first-order valence-corrected chi connectivity index (χ1v) is 6.03. The van der Waals surface area contributed by atoms with E-state index in [4.69, 9.17) is 0 Å². The van der Waals surface area contributed by atoms with E-state index < -0.39 is 0 Å². The molecule has 0 bridgehead atoms. The van der Waals surface area contributed by atoms with E-state index in [9.17, 15) is 0 Å². The molecule has 15 heavy (non-hydrogen) atoms. The minimum Gasteiger partial charge on any atom is -0.387 e. The lowest BCUT2D eigenvalue weighted by atomic mass is 9.80. The first-order chi connectivity index (χ1) is 6.89. The molecule has 0 aliphatic carbocycles. The number of rotatable bonds is 7. The molecule has 0 heterocycles. The van der Waals surface area contributed by atoms with E-state index in [1.165, 1.54) is 6.42 Å². The molecule has 0 rings (SSSR count). The molecule has 0 aromatic heterocycles. The third kappa shape index (κ3) is 6.56. The SMILES string of the molecule is C=C(NCCNCCC)C(C)C(C)(C)C. The Morgan fingerprint density at radius 2 is 1.80 bits per heavy atom. The fourth-order valence-electron chi connectivity index (χ4n) is 1.29. The Morgan fingerprint density at radius 1 is 1.20 bits per heavy atom. The van der Waals surface area contributed by atoms with E-state index >= 15 is 0 Å². The van der Waals surface area contributed by atoms with Gasteiger partial charge in [-0.3, -0.25) is 0 Å². The molecule has 0 radical (unpaired) electrons. The Balaban J connectivity index is 3.66. The molecule has 2 N–H and O–H groups in total. The highest BCUT2D eigenvalue weighted by Gasteiger charge is 2.21. The lowest BCUT2D eigenvalue weighted by Crippen LogP contribution is -2.32. The lowest BCUT2D eigenvalue weighted by Gasteiger charge is -2.29. The van der Waals surface area contributed by atoms with Crippen molar-refractivity contribution < 1.29 is 0 Å². The van der Waals surface area contributed by atoms with Crippen molar-refractivity contribution in [1.29, 1.82) is 0 Å². The summed E-state index contributed by atoms with van der Waals surface area (Å²) in [5.74, 6) is 0.503. The molecule has 0 aliphatic heterocycles. The summed E-state index contributed by atoms with van der Waals surface area (Å²) in [6.45, 7) is 18.4. The summed E-state index contributed by atoms with van der Waals surface area (Å²) in [6, 6.07) is 0. The van der Waals surface area contributed by atoms with Crippen molar-refractivity contribution in [2.75, 3.05) is 19.6 Å². The van der Waals surface area contributed by atoms with E-state index in [0.717, 1.165) is 25.3 Å². The van der Waals surface area contributed by atoms with Gasteiger partial charge in [-0.1, -0.05) is 41.2 Å². The third-order valence-corrected chi connectivity index (χ3v) is 2.90. The molecular weight excluding hydrogens is 184 g/mol. The molecule has 90 valence electrons. The minimum atomic E-state index is 0.293. The molecule has 0 aromatic carbocycles. The largest absolute Gasteiger partial charge is 0.387 e. The van der Waals surface area contributed by atoms with Gasteiger partial charge in [0.25, 0.3) is 0 Å². The Bertz CT molecular complexity index is 179. The Labute approximate surface area is 95.5 Å². The molecule has 2 heteroatoms. The average Bonchev–Trinajstić information content (AvgIpc) is 2.14. The molecule has 1 atom stereocenters. The maximum atomic E-state index is 4.10. The summed E-state index contributed by atoms with van der Waals surface area (Å²) in [4.78, 5) is 0. The van der Waals surface area contributed by atoms with Crippen LogP contribution in [0.25, 0.3) is 0 Å². The second kappa shape index (κ2) is 6.89. The van der Waals surface area contributed by atoms with Gasteiger partial charge < -0.3 is 10.6 Å². The number of nitrogens with one attached hydrogen (secondary N) is 2. The van der Waals surface area contributed by atoms with Crippen LogP contribution in [0.4, 0.5) is 0 Å². The summed E-state index contributed by atoms with van der Waals surface area (Å²) in [5.41, 5.74) is 1.45. The van der Waals surface area contributed by atoms with Gasteiger partial charge in [0.1, 0.15) is 0 Å². The zero-order chi connectivity index (χ0) is 11.9. The monoisotopic (exact) mass is 212 g/mol. The van der Waals surface area contributed by atoms with Crippen LogP contribution in [-0.4, -0.2) is 19.6 Å². The van der Waals surface area contributed by atoms with E-state index in [0.29, 0.717) is 11.3 Å². The van der Waals surface area contributed by atoms with Crippen LogP contribution in [0, 0.1) is 11.3 Å². The highest BCUT2D eigenvalue weighted by atomic mass is 14.9. The van der Waals surface area contributed by atoms with Crippen LogP contribution in [0.1, 0.15) is 41.0 Å². The zero-order valence-corrected chi connectivity index (χ0v) is 11.1. The summed E-state index contributed by atoms with van der Waals surface area (Å²) >= 11 is 0. The predicted octanol–water partition coefficient (Wildman–Crippen LogP) is 2.77. The second-order valence-electron chi connectivity index (χ2n) is 5.29. The van der Waals surface area contributed by atoms with Crippen molar-refractivity contribution in [2.24, 2.45) is 11.3 Å². The second-order valence-corrected chi connectivity index (χ2v) is 5.29. The maximum Gasteiger partial charge on any atom is 0.0269 e. The van der Waals surface area contributed by atoms with Crippen molar-refractivity contribution in [2.45, 2.75) is 41.0 Å². The minimum absolute atomic E-state index is 0.293. The van der Waals surface area contributed by atoms with Gasteiger partial charge in [-0.25, -0.2) is 0 Å². The van der Waals surface area contributed by atoms with Gasteiger partial charge in [0.05, 0.1) is 0 Å². The zero-order valence-electron chi connectivity index (χ0n) is 11.1. The topological polar surface area (TPSA) is 24.1 Å². The van der Waals surface area contributed by atoms with Crippen LogP contribution >= 0.6 is 0 Å². The molecule has 0 saturated carbocycles. The van der Waals surface area contributed by atoms with Gasteiger partial charge in [-0.2, -0.15) is 0 Å². The average molecular weight is 212 g/mol. The maximum absolute atomic E-state index is 4.10. The molecule has 1 unspecified atom stereocenters. The quantitative estimate of drug-likeness (QED) is 0.634. The molecule has 2 nitrogen and oxygen atoms in total. The molecule has 0 fully saturated rings. The lowest BCUT2D eigenvalue weighted by molar-refractivity contribution is 0.289. The van der Waals surface area contributed by atoms with Gasteiger partial charge in [0, 0.05) is 24.7 Å². The fourth-order valence-corrected chi connectivity index (χ4v) is 1.29. The van der Waals surface area contributed by atoms with Gasteiger partial charge in [0.15, 0.2) is 0 Å². The highest BCUT2D eigenvalue weighted by Crippen LogP contribution is 2.29. The summed E-state index contributed by atoms with van der Waals surface area (Å²) in [6.07, 6.45) is 1.19. The number of allylic oxidation sites excluding steroid dienone is 1. The summed E-state index contributed by atoms with van der Waals surface area (Å²) < 4.78 is 0. The fraction of sp³-hybridized carbons (Fsp3) is 0.846. The summed E-state index contributed by atoms with van der Waals surface area (Å²) in [7, 11) is 0. The standard InChI is InChI=1S/C13H28N2/c1-7-8-14-9-10-15-12(3)11(2)13(4,5)6/h11,14-15H,3,7-10H2,1-2,4-6H3. The first kappa shape index (κ1) is 14.5. The van der Waals surface area contributed by atoms with Crippen molar-refractivity contribution in [3.05, 3.63) is 12.3 Å². The Kier molecular flexibility index (Phi) is 6.66. The van der Waals surface area contributed by atoms with Crippen LogP contribution in [0.5, 0.6) is 0 Å². The smallest absolute Gasteiger partial charge is 0.0269 e. The van der Waals surface area contributed by atoms with E-state index in [-0.39, 0.29) is 0 Å². The predicted molar refractivity (Wildman–Crippen MR) is 68.9 cm³/mol. The third-order valence-electron chi connectivity index (χ3n) is 2.90. The van der Waals surface area contributed by atoms with E-state index in [1.54, 1.807) is 0 Å². The van der Waals surface area contributed by atoms with Gasteiger partial charge in [-0.05, 0) is 18.4 Å². The molecule has 0 spiro atoms. The molecule has 0 aliphatic rings. The normalized spacial score (nSPS) is 13.7. The number of hydrogen-bond acceptors (Lipinski definition) is 2. The first-order valence-electron chi connectivity index (χ1n) is 6.03. The van der Waals surface area contributed by atoms with Crippen LogP contribution < -0.4 is 10.6 Å². The molecule has 0 amide bonds. The van der Waals surface area contributed by atoms with Crippen LogP contribution in [-0.2, 0) is 0 Å². The highest BCUT2D eigenvalue weighted by molar-refractivity contribution is 5.00. The Morgan fingerprint density at radius 3 is 2.27 bits per heavy atom. The van der Waals surface area contributed by atoms with Gasteiger partial charge >= 0.3 is 0 Å². The molecular formula is C13H28N2. The van der Waals surface area contributed by atoms with E-state index in [1.807, 2.05) is 0 Å². The van der Waals surface area contributed by atoms with E-state index in [2.05, 4.69) is 51.8 Å². The van der Waals surface area contributed by atoms with Gasteiger partial charge in [-0.15, -0.1) is 0 Å².